The number of hydrogen-bond acceptors (Lipinski definition) is 4. The van der Waals surface area contributed by atoms with Gasteiger partial charge in [-0.2, -0.15) is 11.3 Å². The summed E-state index contributed by atoms with van der Waals surface area (Å²) in [6.07, 6.45) is 0.720. The van der Waals surface area contributed by atoms with Gasteiger partial charge in [-0.05, 0) is 34.5 Å². The molecule has 0 aliphatic carbocycles. The van der Waals surface area contributed by atoms with E-state index in [2.05, 4.69) is 16.4 Å². The van der Waals surface area contributed by atoms with E-state index < -0.39 is 0 Å². The lowest BCUT2D eigenvalue weighted by Crippen LogP contribution is -1.87. The molecule has 0 spiro atoms. The molecule has 0 aliphatic heterocycles. The molecule has 4 heteroatoms. The van der Waals surface area contributed by atoms with Crippen molar-refractivity contribution in [3.63, 3.8) is 0 Å². The first kappa shape index (κ1) is 9.42. The van der Waals surface area contributed by atoms with Crippen LogP contribution in [0.15, 0.2) is 39.4 Å². The van der Waals surface area contributed by atoms with Crippen molar-refractivity contribution in [3.05, 3.63) is 46.5 Å². The number of nitrogens with two attached hydrogens (primary N) is 1. The van der Waals surface area contributed by atoms with Gasteiger partial charge in [0.2, 0.25) is 0 Å². The summed E-state index contributed by atoms with van der Waals surface area (Å²) in [6.45, 7) is 0. The summed E-state index contributed by atoms with van der Waals surface area (Å²) in [5.74, 6) is 0.714. The van der Waals surface area contributed by atoms with E-state index in [4.69, 9.17) is 10.2 Å². The molecule has 0 saturated heterocycles. The molecule has 0 radical (unpaired) electrons. The summed E-state index contributed by atoms with van der Waals surface area (Å²) >= 11 is 1.67. The van der Waals surface area contributed by atoms with Gasteiger partial charge in [0.1, 0.15) is 5.52 Å². The molecule has 3 nitrogen and oxygen atoms in total. The van der Waals surface area contributed by atoms with E-state index in [0.29, 0.717) is 11.6 Å². The van der Waals surface area contributed by atoms with Crippen LogP contribution in [0.3, 0.4) is 0 Å². The number of oxazole rings is 1. The number of nitrogens with zero attached hydrogens (tertiary/aromatic N) is 1. The Hall–Kier alpha value is -1.81. The van der Waals surface area contributed by atoms with E-state index >= 15 is 0 Å². The van der Waals surface area contributed by atoms with Gasteiger partial charge in [0.15, 0.2) is 11.5 Å². The quantitative estimate of drug-likeness (QED) is 0.688. The van der Waals surface area contributed by atoms with E-state index in [1.54, 1.807) is 11.3 Å². The summed E-state index contributed by atoms with van der Waals surface area (Å²) in [5.41, 5.74) is 9.22. The predicted octanol–water partition coefficient (Wildman–Crippen LogP) is 3.06. The molecule has 0 bridgehead atoms. The largest absolute Gasteiger partial charge is 0.440 e. The highest BCUT2D eigenvalue weighted by molar-refractivity contribution is 7.07. The van der Waals surface area contributed by atoms with Crippen molar-refractivity contribution in [2.75, 3.05) is 5.73 Å². The monoisotopic (exact) mass is 230 g/mol. The van der Waals surface area contributed by atoms with Gasteiger partial charge in [-0.1, -0.05) is 6.07 Å². The second-order valence-electron chi connectivity index (χ2n) is 3.61. The van der Waals surface area contributed by atoms with Crippen LogP contribution in [0.25, 0.3) is 11.1 Å². The van der Waals surface area contributed by atoms with Gasteiger partial charge in [0, 0.05) is 0 Å². The molecule has 3 rings (SSSR count). The maximum Gasteiger partial charge on any atom is 0.200 e. The van der Waals surface area contributed by atoms with Crippen LogP contribution in [0.2, 0.25) is 0 Å². The number of nitrogen functional groups attached to an aromatic ring is 1. The molecule has 2 N–H and O–H groups in total. The van der Waals surface area contributed by atoms with Crippen molar-refractivity contribution >= 4 is 28.1 Å². The van der Waals surface area contributed by atoms with Crippen molar-refractivity contribution in [1.29, 1.82) is 0 Å². The van der Waals surface area contributed by atoms with Gasteiger partial charge in [-0.3, -0.25) is 0 Å². The van der Waals surface area contributed by atoms with Gasteiger partial charge in [-0.15, -0.1) is 0 Å². The van der Waals surface area contributed by atoms with Crippen molar-refractivity contribution < 1.29 is 4.42 Å². The molecule has 1 aromatic carbocycles. The molecule has 16 heavy (non-hydrogen) atoms. The zero-order chi connectivity index (χ0) is 11.0. The summed E-state index contributed by atoms with van der Waals surface area (Å²) < 4.78 is 5.64. The Balaban J connectivity index is 2.02. The SMILES string of the molecule is Nc1cccc2oc(Cc3ccsc3)nc12. The van der Waals surface area contributed by atoms with Gasteiger partial charge in [-0.25, -0.2) is 4.98 Å². The van der Waals surface area contributed by atoms with Crippen LogP contribution < -0.4 is 5.73 Å². The van der Waals surface area contributed by atoms with Crippen LogP contribution in [0, 0.1) is 0 Å². The van der Waals surface area contributed by atoms with Crippen LogP contribution in [0.5, 0.6) is 0 Å². The highest BCUT2D eigenvalue weighted by Gasteiger charge is 2.08. The van der Waals surface area contributed by atoms with Crippen LogP contribution >= 0.6 is 11.3 Å². The summed E-state index contributed by atoms with van der Waals surface area (Å²) in [7, 11) is 0. The minimum atomic E-state index is 0.665. The Bertz CT molecular complexity index is 613. The predicted molar refractivity (Wildman–Crippen MR) is 65.5 cm³/mol. The maximum absolute atomic E-state index is 5.82. The minimum absolute atomic E-state index is 0.665. The van der Waals surface area contributed by atoms with Crippen molar-refractivity contribution in [3.8, 4) is 0 Å². The number of thiophene rings is 1. The van der Waals surface area contributed by atoms with Crippen LogP contribution in [0.1, 0.15) is 11.5 Å². The molecule has 0 unspecified atom stereocenters. The number of anilines is 1. The van der Waals surface area contributed by atoms with Crippen molar-refractivity contribution in [1.82, 2.24) is 4.98 Å². The molecule has 0 atom stereocenters. The van der Waals surface area contributed by atoms with Crippen LogP contribution in [-0.2, 0) is 6.42 Å². The molecule has 0 amide bonds. The summed E-state index contributed by atoms with van der Waals surface area (Å²) in [6, 6.07) is 7.66. The fraction of sp³-hybridized carbons (Fsp3) is 0.0833. The van der Waals surface area contributed by atoms with Crippen molar-refractivity contribution in [2.45, 2.75) is 6.42 Å². The first-order valence-electron chi connectivity index (χ1n) is 4.98. The second kappa shape index (κ2) is 3.64. The smallest absolute Gasteiger partial charge is 0.200 e. The van der Waals surface area contributed by atoms with Gasteiger partial charge in [0.05, 0.1) is 12.1 Å². The number of fused-ring (bicyclic) bond motifs is 1. The first-order valence-corrected chi connectivity index (χ1v) is 5.92. The maximum atomic E-state index is 5.82. The lowest BCUT2D eigenvalue weighted by molar-refractivity contribution is 0.544. The second-order valence-corrected chi connectivity index (χ2v) is 4.39. The molecule has 0 fully saturated rings. The van der Waals surface area contributed by atoms with Crippen LogP contribution in [0.4, 0.5) is 5.69 Å². The standard InChI is InChI=1S/C12H10N2OS/c13-9-2-1-3-10-12(9)14-11(15-10)6-8-4-5-16-7-8/h1-5,7H,6,13H2. The average molecular weight is 230 g/mol. The van der Waals surface area contributed by atoms with Crippen LogP contribution in [-0.4, -0.2) is 4.98 Å². The van der Waals surface area contributed by atoms with Crippen molar-refractivity contribution in [2.24, 2.45) is 0 Å². The average Bonchev–Trinajstić information content (AvgIpc) is 2.88. The zero-order valence-electron chi connectivity index (χ0n) is 8.51. The lowest BCUT2D eigenvalue weighted by Gasteiger charge is -1.89. The molecule has 3 aromatic rings. The molecule has 80 valence electrons. The van der Waals surface area contributed by atoms with E-state index in [1.807, 2.05) is 23.6 Å². The Morgan fingerprint density at radius 3 is 3.00 bits per heavy atom. The van der Waals surface area contributed by atoms with Gasteiger partial charge < -0.3 is 10.2 Å². The molecular formula is C12H10N2OS. The molecular weight excluding hydrogens is 220 g/mol. The number of para-hydroxylation sites is 1. The minimum Gasteiger partial charge on any atom is -0.440 e. The molecule has 2 heterocycles. The summed E-state index contributed by atoms with van der Waals surface area (Å²) in [5, 5.41) is 4.14. The molecule has 0 saturated carbocycles. The zero-order valence-corrected chi connectivity index (χ0v) is 9.33. The highest BCUT2D eigenvalue weighted by Crippen LogP contribution is 2.22. The summed E-state index contributed by atoms with van der Waals surface area (Å²) in [4.78, 5) is 4.40. The third kappa shape index (κ3) is 1.57. The number of hydrogen-bond donors (Lipinski definition) is 1. The third-order valence-corrected chi connectivity index (χ3v) is 3.16. The van der Waals surface area contributed by atoms with E-state index in [1.165, 1.54) is 5.56 Å². The first-order chi connectivity index (χ1) is 7.83. The molecule has 2 aromatic heterocycles. The number of benzene rings is 1. The Morgan fingerprint density at radius 2 is 2.25 bits per heavy atom. The topological polar surface area (TPSA) is 52.0 Å². The van der Waals surface area contributed by atoms with E-state index in [9.17, 15) is 0 Å². The lowest BCUT2D eigenvalue weighted by atomic mass is 10.2. The Morgan fingerprint density at radius 1 is 1.31 bits per heavy atom. The Labute approximate surface area is 96.5 Å². The van der Waals surface area contributed by atoms with Gasteiger partial charge in [0.25, 0.3) is 0 Å². The Kier molecular flexibility index (Phi) is 2.15. The third-order valence-electron chi connectivity index (χ3n) is 2.43. The fourth-order valence-corrected chi connectivity index (χ4v) is 2.33. The van der Waals surface area contributed by atoms with E-state index in [0.717, 1.165) is 17.5 Å². The van der Waals surface area contributed by atoms with E-state index in [-0.39, 0.29) is 0 Å². The highest BCUT2D eigenvalue weighted by atomic mass is 32.1. The normalized spacial score (nSPS) is 11.0. The van der Waals surface area contributed by atoms with Gasteiger partial charge >= 0.3 is 0 Å². The number of aromatic nitrogens is 1. The number of rotatable bonds is 2. The fourth-order valence-electron chi connectivity index (χ4n) is 1.66. The molecule has 0 aliphatic rings.